The van der Waals surface area contributed by atoms with Crippen molar-refractivity contribution in [2.75, 3.05) is 0 Å². The summed E-state index contributed by atoms with van der Waals surface area (Å²) in [5, 5.41) is 2.38. The Labute approximate surface area is 145 Å². The average molecular weight is 320 g/mol. The Bertz CT molecular complexity index is 1170. The number of benzene rings is 3. The van der Waals surface area contributed by atoms with Crippen molar-refractivity contribution >= 4 is 21.8 Å². The summed E-state index contributed by atoms with van der Waals surface area (Å²) in [5.41, 5.74) is 6.95. The third-order valence-corrected chi connectivity index (χ3v) is 4.68. The van der Waals surface area contributed by atoms with E-state index < -0.39 is 0 Å². The molecule has 0 unspecified atom stereocenters. The van der Waals surface area contributed by atoms with Crippen molar-refractivity contribution in [1.29, 1.82) is 0 Å². The molecule has 0 atom stereocenters. The lowest BCUT2D eigenvalue weighted by atomic mass is 9.98. The van der Waals surface area contributed by atoms with Crippen LogP contribution in [0.5, 0.6) is 0 Å². The van der Waals surface area contributed by atoms with Crippen molar-refractivity contribution in [3.8, 4) is 22.4 Å². The van der Waals surface area contributed by atoms with Gasteiger partial charge in [-0.2, -0.15) is 0 Å². The summed E-state index contributed by atoms with van der Waals surface area (Å²) in [6.07, 6.45) is 1.84. The Morgan fingerprint density at radius 1 is 0.600 bits per heavy atom. The first kappa shape index (κ1) is 14.0. The van der Waals surface area contributed by atoms with Crippen LogP contribution in [0.25, 0.3) is 44.2 Å². The summed E-state index contributed by atoms with van der Waals surface area (Å²) in [4.78, 5) is 8.18. The molecular formula is C23H16N2. The monoisotopic (exact) mass is 320 g/mol. The van der Waals surface area contributed by atoms with Gasteiger partial charge in [-0.15, -0.1) is 0 Å². The highest BCUT2D eigenvalue weighted by molar-refractivity contribution is 6.13. The molecular weight excluding hydrogens is 304 g/mol. The van der Waals surface area contributed by atoms with Crippen molar-refractivity contribution < 1.29 is 0 Å². The van der Waals surface area contributed by atoms with E-state index in [2.05, 4.69) is 82.8 Å². The highest BCUT2D eigenvalue weighted by Crippen LogP contribution is 2.40. The fourth-order valence-electron chi connectivity index (χ4n) is 3.54. The molecule has 0 bridgehead atoms. The molecule has 0 aliphatic carbocycles. The Balaban J connectivity index is 1.93. The van der Waals surface area contributed by atoms with Gasteiger partial charge in [0, 0.05) is 22.5 Å². The van der Waals surface area contributed by atoms with E-state index >= 15 is 0 Å². The van der Waals surface area contributed by atoms with Gasteiger partial charge in [-0.05, 0) is 29.3 Å². The van der Waals surface area contributed by atoms with E-state index in [1.807, 2.05) is 18.3 Å². The number of pyridine rings is 1. The number of nitrogens with zero attached hydrogens (tertiary/aromatic N) is 1. The summed E-state index contributed by atoms with van der Waals surface area (Å²) >= 11 is 0. The lowest BCUT2D eigenvalue weighted by molar-refractivity contribution is 1.41. The van der Waals surface area contributed by atoms with E-state index in [0.717, 1.165) is 22.1 Å². The fourth-order valence-corrected chi connectivity index (χ4v) is 3.54. The van der Waals surface area contributed by atoms with E-state index in [-0.39, 0.29) is 0 Å². The summed E-state index contributed by atoms with van der Waals surface area (Å²) in [6.45, 7) is 0. The standard InChI is InChI=1S/C23H16N2/c1-3-8-16(9-4-1)21-19-13-14-20-18(12-7-15-24-20)23(19)25-22(21)17-10-5-2-6-11-17/h1-15,25H. The van der Waals surface area contributed by atoms with Crippen molar-refractivity contribution in [3.05, 3.63) is 91.1 Å². The molecule has 0 fully saturated rings. The first-order chi connectivity index (χ1) is 12.4. The van der Waals surface area contributed by atoms with Crippen LogP contribution >= 0.6 is 0 Å². The second-order valence-electron chi connectivity index (χ2n) is 6.17. The normalized spacial score (nSPS) is 11.2. The maximum Gasteiger partial charge on any atom is 0.0723 e. The molecule has 0 amide bonds. The Morgan fingerprint density at radius 2 is 1.32 bits per heavy atom. The minimum atomic E-state index is 1.01. The zero-order valence-electron chi connectivity index (χ0n) is 13.6. The van der Waals surface area contributed by atoms with Crippen LogP contribution in [-0.4, -0.2) is 9.97 Å². The van der Waals surface area contributed by atoms with Gasteiger partial charge in [0.2, 0.25) is 0 Å². The van der Waals surface area contributed by atoms with Crippen LogP contribution in [0.4, 0.5) is 0 Å². The molecule has 0 saturated heterocycles. The van der Waals surface area contributed by atoms with Crippen molar-refractivity contribution in [1.82, 2.24) is 9.97 Å². The Morgan fingerprint density at radius 3 is 2.08 bits per heavy atom. The molecule has 5 aromatic rings. The molecule has 25 heavy (non-hydrogen) atoms. The molecule has 118 valence electrons. The van der Waals surface area contributed by atoms with Gasteiger partial charge in [0.05, 0.1) is 16.7 Å². The number of hydrogen-bond donors (Lipinski definition) is 1. The zero-order chi connectivity index (χ0) is 16.6. The number of hydrogen-bond acceptors (Lipinski definition) is 1. The topological polar surface area (TPSA) is 28.7 Å². The maximum atomic E-state index is 4.50. The summed E-state index contributed by atoms with van der Waals surface area (Å²) in [6, 6.07) is 29.5. The first-order valence-electron chi connectivity index (χ1n) is 8.42. The van der Waals surface area contributed by atoms with Gasteiger partial charge in [-0.1, -0.05) is 66.7 Å². The third-order valence-electron chi connectivity index (χ3n) is 4.68. The Hall–Kier alpha value is -3.39. The molecule has 2 nitrogen and oxygen atoms in total. The molecule has 2 aromatic heterocycles. The molecule has 0 aliphatic rings. The molecule has 0 aliphatic heterocycles. The van der Waals surface area contributed by atoms with Gasteiger partial charge in [0.1, 0.15) is 0 Å². The SMILES string of the molecule is c1ccc(-c2[nH]c3c(ccc4ncccc43)c2-c2ccccc2)cc1. The summed E-state index contributed by atoms with van der Waals surface area (Å²) in [7, 11) is 0. The quantitative estimate of drug-likeness (QED) is 0.421. The lowest BCUT2D eigenvalue weighted by Crippen LogP contribution is -1.82. The van der Waals surface area contributed by atoms with E-state index in [1.54, 1.807) is 0 Å². The maximum absolute atomic E-state index is 4.50. The van der Waals surface area contributed by atoms with Crippen molar-refractivity contribution in [3.63, 3.8) is 0 Å². The second kappa shape index (κ2) is 5.60. The van der Waals surface area contributed by atoms with E-state index in [4.69, 9.17) is 0 Å². The van der Waals surface area contributed by atoms with Gasteiger partial charge >= 0.3 is 0 Å². The summed E-state index contributed by atoms with van der Waals surface area (Å²) < 4.78 is 0. The minimum absolute atomic E-state index is 1.01. The van der Waals surface area contributed by atoms with Gasteiger partial charge in [-0.25, -0.2) is 0 Å². The van der Waals surface area contributed by atoms with Gasteiger partial charge < -0.3 is 4.98 Å². The number of aromatic nitrogens is 2. The predicted octanol–water partition coefficient (Wildman–Crippen LogP) is 6.05. The molecule has 5 rings (SSSR count). The van der Waals surface area contributed by atoms with Crippen LogP contribution in [0.1, 0.15) is 0 Å². The number of aromatic amines is 1. The largest absolute Gasteiger partial charge is 0.353 e. The molecule has 2 heterocycles. The zero-order valence-corrected chi connectivity index (χ0v) is 13.6. The smallest absolute Gasteiger partial charge is 0.0723 e. The predicted molar refractivity (Wildman–Crippen MR) is 104 cm³/mol. The van der Waals surface area contributed by atoms with Crippen LogP contribution < -0.4 is 0 Å². The molecule has 3 aromatic carbocycles. The highest BCUT2D eigenvalue weighted by atomic mass is 14.7. The second-order valence-corrected chi connectivity index (χ2v) is 6.17. The van der Waals surface area contributed by atoms with E-state index in [1.165, 1.54) is 22.1 Å². The van der Waals surface area contributed by atoms with E-state index in [9.17, 15) is 0 Å². The lowest BCUT2D eigenvalue weighted by Gasteiger charge is -2.05. The molecule has 1 N–H and O–H groups in total. The van der Waals surface area contributed by atoms with Gasteiger partial charge in [0.25, 0.3) is 0 Å². The third kappa shape index (κ3) is 2.23. The molecule has 0 saturated carbocycles. The molecule has 0 spiro atoms. The number of fused-ring (bicyclic) bond motifs is 3. The van der Waals surface area contributed by atoms with Crippen LogP contribution in [0, 0.1) is 0 Å². The molecule has 2 heteroatoms. The van der Waals surface area contributed by atoms with Crippen LogP contribution in [0.2, 0.25) is 0 Å². The first-order valence-corrected chi connectivity index (χ1v) is 8.42. The number of H-pyrrole nitrogens is 1. The fraction of sp³-hybridized carbons (Fsp3) is 0. The number of rotatable bonds is 2. The van der Waals surface area contributed by atoms with Crippen molar-refractivity contribution in [2.45, 2.75) is 0 Å². The van der Waals surface area contributed by atoms with Crippen LogP contribution in [0.15, 0.2) is 91.1 Å². The van der Waals surface area contributed by atoms with Crippen LogP contribution in [-0.2, 0) is 0 Å². The van der Waals surface area contributed by atoms with Crippen molar-refractivity contribution in [2.24, 2.45) is 0 Å². The Kier molecular flexibility index (Phi) is 3.14. The highest BCUT2D eigenvalue weighted by Gasteiger charge is 2.16. The van der Waals surface area contributed by atoms with E-state index in [0.29, 0.717) is 0 Å². The average Bonchev–Trinajstić information content (AvgIpc) is 3.09. The van der Waals surface area contributed by atoms with Gasteiger partial charge in [-0.3, -0.25) is 4.98 Å². The number of nitrogens with one attached hydrogen (secondary N) is 1. The van der Waals surface area contributed by atoms with Crippen LogP contribution in [0.3, 0.4) is 0 Å². The summed E-state index contributed by atoms with van der Waals surface area (Å²) in [5.74, 6) is 0. The molecule has 0 radical (unpaired) electrons. The minimum Gasteiger partial charge on any atom is -0.353 e. The van der Waals surface area contributed by atoms with Gasteiger partial charge in [0.15, 0.2) is 0 Å².